The molecule has 0 atom stereocenters. The van der Waals surface area contributed by atoms with E-state index >= 15 is 0 Å². The molecule has 0 radical (unpaired) electrons. The molecule has 0 N–H and O–H groups in total. The molecule has 3 aromatic carbocycles. The summed E-state index contributed by atoms with van der Waals surface area (Å²) < 4.78 is 28.9. The number of Topliss-reactive ketones (excluding diaryl/α,β-unsaturated/α-hetero) is 1. The number of ketones is 1. The number of fused-ring (bicyclic) bond motifs is 1. The average Bonchev–Trinajstić information content (AvgIpc) is 3.34. The highest BCUT2D eigenvalue weighted by Crippen LogP contribution is 2.40. The molecule has 0 spiro atoms. The Morgan fingerprint density at radius 1 is 0.895 bits per heavy atom. The Hall–Kier alpha value is -4.07. The third-order valence-corrected chi connectivity index (χ3v) is 7.75. The number of piperidine rings is 1. The van der Waals surface area contributed by atoms with E-state index in [-0.39, 0.29) is 29.6 Å². The van der Waals surface area contributed by atoms with E-state index in [1.165, 1.54) is 49.4 Å². The molecule has 0 bridgehead atoms. The number of nitrogens with zero attached hydrogens (tertiary/aromatic N) is 3. The minimum absolute atomic E-state index is 0.0119. The van der Waals surface area contributed by atoms with Crippen LogP contribution in [0.15, 0.2) is 72.8 Å². The lowest BCUT2D eigenvalue weighted by molar-refractivity contribution is -0.134. The molecule has 2 aliphatic rings. The molecule has 196 valence electrons. The van der Waals surface area contributed by atoms with Crippen molar-refractivity contribution < 1.29 is 23.2 Å². The van der Waals surface area contributed by atoms with Crippen molar-refractivity contribution in [3.05, 3.63) is 90.0 Å². The van der Waals surface area contributed by atoms with Crippen molar-refractivity contribution in [2.75, 3.05) is 29.4 Å². The fourth-order valence-electron chi connectivity index (χ4n) is 5.52. The Kier molecular flexibility index (Phi) is 6.97. The summed E-state index contributed by atoms with van der Waals surface area (Å²) in [7, 11) is 0. The third-order valence-electron chi connectivity index (χ3n) is 7.75. The molecule has 2 heterocycles. The molecule has 2 aliphatic heterocycles. The minimum Gasteiger partial charge on any atom is -0.324 e. The summed E-state index contributed by atoms with van der Waals surface area (Å²) in [6, 6.07) is 18.9. The van der Waals surface area contributed by atoms with Gasteiger partial charge in [0.05, 0.1) is 11.4 Å². The lowest BCUT2D eigenvalue weighted by atomic mass is 9.72. The zero-order valence-electron chi connectivity index (χ0n) is 21.2. The second-order valence-electron chi connectivity index (χ2n) is 9.97. The number of likely N-dealkylation sites (tertiary alicyclic amines) is 1. The van der Waals surface area contributed by atoms with Crippen molar-refractivity contribution >= 4 is 34.8 Å². The monoisotopic (exact) mass is 517 g/mol. The summed E-state index contributed by atoms with van der Waals surface area (Å²) in [5, 5.41) is 0. The number of urea groups is 1. The van der Waals surface area contributed by atoms with Gasteiger partial charge in [-0.3, -0.25) is 19.4 Å². The first-order valence-corrected chi connectivity index (χ1v) is 12.8. The van der Waals surface area contributed by atoms with Crippen molar-refractivity contribution in [2.24, 2.45) is 5.41 Å². The normalized spacial score (nSPS) is 16.2. The number of hydrogen-bond acceptors (Lipinski definition) is 3. The molecule has 8 heteroatoms. The standard InChI is InChI=1S/C30H29F2N3O3/c1-21(36)30(14-17-33(18-15-30)29(38)34-16-13-22-7-2-4-11-26(22)34)20-28(37)35(24-9-6-8-23(31)19-24)27-12-5-3-10-25(27)32/h2-12,19H,13-18,20H2,1H3. The van der Waals surface area contributed by atoms with E-state index in [0.717, 1.165) is 22.6 Å². The SMILES string of the molecule is CC(=O)C1(CC(=O)N(c2cccc(F)c2)c2ccccc2F)CCN(C(=O)N2CCc3ccccc32)CC1. The van der Waals surface area contributed by atoms with Crippen LogP contribution in [0.4, 0.5) is 30.6 Å². The summed E-state index contributed by atoms with van der Waals surface area (Å²) >= 11 is 0. The van der Waals surface area contributed by atoms with E-state index in [0.29, 0.717) is 32.5 Å². The highest BCUT2D eigenvalue weighted by molar-refractivity contribution is 6.03. The number of para-hydroxylation sites is 2. The molecule has 0 unspecified atom stereocenters. The zero-order chi connectivity index (χ0) is 26.9. The van der Waals surface area contributed by atoms with Gasteiger partial charge in [0, 0.05) is 37.2 Å². The number of benzene rings is 3. The maximum Gasteiger partial charge on any atom is 0.324 e. The number of rotatable bonds is 5. The van der Waals surface area contributed by atoms with Gasteiger partial charge in [0.25, 0.3) is 0 Å². The number of carbonyl (C=O) groups excluding carboxylic acids is 3. The van der Waals surface area contributed by atoms with Crippen LogP contribution in [0.25, 0.3) is 0 Å². The number of amides is 3. The highest BCUT2D eigenvalue weighted by Gasteiger charge is 2.44. The maximum absolute atomic E-state index is 14.8. The molecule has 3 amide bonds. The fraction of sp³-hybridized carbons (Fsp3) is 0.300. The third kappa shape index (κ3) is 4.78. The first-order chi connectivity index (χ1) is 18.3. The molecular weight excluding hydrogens is 488 g/mol. The Bertz CT molecular complexity index is 1380. The van der Waals surface area contributed by atoms with Crippen LogP contribution in [0, 0.1) is 17.0 Å². The van der Waals surface area contributed by atoms with Crippen LogP contribution < -0.4 is 9.80 Å². The van der Waals surface area contributed by atoms with Crippen molar-refractivity contribution in [3.8, 4) is 0 Å². The van der Waals surface area contributed by atoms with Gasteiger partial charge in [0.1, 0.15) is 17.4 Å². The van der Waals surface area contributed by atoms with Crippen molar-refractivity contribution in [1.82, 2.24) is 4.90 Å². The van der Waals surface area contributed by atoms with Crippen LogP contribution in [0.5, 0.6) is 0 Å². The molecule has 3 aromatic rings. The second kappa shape index (κ2) is 10.4. The topological polar surface area (TPSA) is 60.9 Å². The summed E-state index contributed by atoms with van der Waals surface area (Å²) in [4.78, 5) is 44.7. The Balaban J connectivity index is 1.36. The van der Waals surface area contributed by atoms with Gasteiger partial charge in [0.15, 0.2) is 0 Å². The molecule has 0 aromatic heterocycles. The van der Waals surface area contributed by atoms with Gasteiger partial charge in [-0.25, -0.2) is 13.6 Å². The Morgan fingerprint density at radius 3 is 2.32 bits per heavy atom. The van der Waals surface area contributed by atoms with Crippen molar-refractivity contribution in [1.29, 1.82) is 0 Å². The Morgan fingerprint density at radius 2 is 1.61 bits per heavy atom. The van der Waals surface area contributed by atoms with Crippen LogP contribution in [0.1, 0.15) is 31.7 Å². The lowest BCUT2D eigenvalue weighted by Gasteiger charge is -2.41. The number of anilines is 3. The van der Waals surface area contributed by atoms with Crippen LogP contribution in [0.2, 0.25) is 0 Å². The van der Waals surface area contributed by atoms with Crippen LogP contribution in [0.3, 0.4) is 0 Å². The fourth-order valence-corrected chi connectivity index (χ4v) is 5.52. The van der Waals surface area contributed by atoms with E-state index in [1.54, 1.807) is 15.9 Å². The van der Waals surface area contributed by atoms with Crippen LogP contribution in [-0.4, -0.2) is 42.3 Å². The van der Waals surface area contributed by atoms with Gasteiger partial charge < -0.3 is 4.90 Å². The summed E-state index contributed by atoms with van der Waals surface area (Å²) in [6.45, 7) is 2.71. The number of carbonyl (C=O) groups is 3. The van der Waals surface area contributed by atoms with E-state index in [9.17, 15) is 23.2 Å². The van der Waals surface area contributed by atoms with E-state index in [2.05, 4.69) is 0 Å². The van der Waals surface area contributed by atoms with E-state index < -0.39 is 23.0 Å². The molecular formula is C30H29F2N3O3. The van der Waals surface area contributed by atoms with Gasteiger partial charge in [0.2, 0.25) is 5.91 Å². The zero-order valence-corrected chi connectivity index (χ0v) is 21.2. The highest BCUT2D eigenvalue weighted by atomic mass is 19.1. The molecule has 6 nitrogen and oxygen atoms in total. The predicted octanol–water partition coefficient (Wildman–Crippen LogP) is 5.87. The number of hydrogen-bond donors (Lipinski definition) is 0. The molecule has 1 saturated heterocycles. The maximum atomic E-state index is 14.8. The van der Waals surface area contributed by atoms with Crippen LogP contribution >= 0.6 is 0 Å². The molecule has 38 heavy (non-hydrogen) atoms. The minimum atomic E-state index is -1.01. The van der Waals surface area contributed by atoms with Crippen molar-refractivity contribution in [3.63, 3.8) is 0 Å². The van der Waals surface area contributed by atoms with Gasteiger partial charge in [-0.15, -0.1) is 0 Å². The second-order valence-corrected chi connectivity index (χ2v) is 9.97. The summed E-state index contributed by atoms with van der Waals surface area (Å²) in [5.74, 6) is -1.86. The first kappa shape index (κ1) is 25.6. The Labute approximate surface area is 220 Å². The lowest BCUT2D eigenvalue weighted by Crippen LogP contribution is -2.51. The summed E-state index contributed by atoms with van der Waals surface area (Å²) in [6.07, 6.45) is 1.24. The van der Waals surface area contributed by atoms with Gasteiger partial charge >= 0.3 is 6.03 Å². The first-order valence-electron chi connectivity index (χ1n) is 12.8. The molecule has 0 saturated carbocycles. The summed E-state index contributed by atoms with van der Waals surface area (Å²) in [5.41, 5.74) is 1.20. The van der Waals surface area contributed by atoms with Crippen LogP contribution in [-0.2, 0) is 16.0 Å². The van der Waals surface area contributed by atoms with E-state index in [4.69, 9.17) is 0 Å². The molecule has 0 aliphatic carbocycles. The van der Waals surface area contributed by atoms with Gasteiger partial charge in [-0.2, -0.15) is 0 Å². The molecule has 5 rings (SSSR count). The quantitative estimate of drug-likeness (QED) is 0.425. The van der Waals surface area contributed by atoms with Crippen molar-refractivity contribution in [2.45, 2.75) is 32.6 Å². The molecule has 1 fully saturated rings. The number of halogens is 2. The van der Waals surface area contributed by atoms with E-state index in [1.807, 2.05) is 24.3 Å². The van der Waals surface area contributed by atoms with Gasteiger partial charge in [-0.1, -0.05) is 36.4 Å². The van der Waals surface area contributed by atoms with Gasteiger partial charge in [-0.05, 0) is 68.1 Å². The average molecular weight is 518 g/mol. The largest absolute Gasteiger partial charge is 0.324 e. The predicted molar refractivity (Wildman–Crippen MR) is 141 cm³/mol. The smallest absolute Gasteiger partial charge is 0.324 e.